The molecule has 1 N–H and O–H groups in total. The maximum absolute atomic E-state index is 5.62. The van der Waals surface area contributed by atoms with E-state index in [-0.39, 0.29) is 0 Å². The van der Waals surface area contributed by atoms with Gasteiger partial charge >= 0.3 is 0 Å². The van der Waals surface area contributed by atoms with Crippen molar-refractivity contribution in [2.45, 2.75) is 32.7 Å². The molecular weight excluding hydrogens is 176 g/mol. The minimum atomic E-state index is 0.457. The van der Waals surface area contributed by atoms with E-state index in [1.54, 1.807) is 0 Å². The van der Waals surface area contributed by atoms with Crippen molar-refractivity contribution in [2.24, 2.45) is 5.92 Å². The average molecular weight is 200 g/mol. The first kappa shape index (κ1) is 12.0. The van der Waals surface area contributed by atoms with Crippen molar-refractivity contribution >= 4 is 0 Å². The van der Waals surface area contributed by atoms with Gasteiger partial charge in [-0.3, -0.25) is 4.90 Å². The van der Waals surface area contributed by atoms with Crippen LogP contribution in [0, 0.1) is 5.92 Å². The molecule has 0 aromatic rings. The van der Waals surface area contributed by atoms with Crippen molar-refractivity contribution in [3.8, 4) is 0 Å². The highest BCUT2D eigenvalue weighted by atomic mass is 16.5. The van der Waals surface area contributed by atoms with Gasteiger partial charge in [0.25, 0.3) is 0 Å². The Hall–Kier alpha value is -0.120. The van der Waals surface area contributed by atoms with E-state index in [1.165, 1.54) is 25.9 Å². The van der Waals surface area contributed by atoms with Crippen LogP contribution < -0.4 is 5.32 Å². The molecule has 84 valence electrons. The second-order valence-corrected chi connectivity index (χ2v) is 4.49. The lowest BCUT2D eigenvalue weighted by molar-refractivity contribution is 0.00565. The molecule has 0 radical (unpaired) electrons. The van der Waals surface area contributed by atoms with Crippen molar-refractivity contribution in [1.82, 2.24) is 10.2 Å². The Kier molecular flexibility index (Phi) is 5.45. The van der Waals surface area contributed by atoms with Gasteiger partial charge in [-0.25, -0.2) is 0 Å². The van der Waals surface area contributed by atoms with E-state index in [0.717, 1.165) is 19.3 Å². The number of hydrogen-bond acceptors (Lipinski definition) is 3. The molecular formula is C11H24N2O. The summed E-state index contributed by atoms with van der Waals surface area (Å²) in [4.78, 5) is 2.41. The van der Waals surface area contributed by atoms with Gasteiger partial charge < -0.3 is 10.1 Å². The van der Waals surface area contributed by atoms with Crippen LogP contribution in [0.4, 0.5) is 0 Å². The van der Waals surface area contributed by atoms with Gasteiger partial charge in [0.1, 0.15) is 0 Å². The van der Waals surface area contributed by atoms with Gasteiger partial charge in [0.05, 0.1) is 13.3 Å². The number of ether oxygens (including phenoxy) is 1. The third-order valence-corrected chi connectivity index (χ3v) is 3.01. The van der Waals surface area contributed by atoms with Gasteiger partial charge in [-0.05, 0) is 32.7 Å². The zero-order valence-corrected chi connectivity index (χ0v) is 9.75. The summed E-state index contributed by atoms with van der Waals surface area (Å²) in [6.07, 6.45) is 2.65. The molecule has 0 aromatic heterocycles. The van der Waals surface area contributed by atoms with Crippen LogP contribution in [0.1, 0.15) is 26.7 Å². The molecule has 3 heteroatoms. The fraction of sp³-hybridized carbons (Fsp3) is 1.00. The lowest BCUT2D eigenvalue weighted by Gasteiger charge is -2.30. The molecule has 0 bridgehead atoms. The molecule has 1 heterocycles. The monoisotopic (exact) mass is 200 g/mol. The number of likely N-dealkylation sites (tertiary alicyclic amines) is 1. The standard InChI is InChI=1S/C11H24N2O/c1-10-4-6-13(7-5-10)9-14-8-11(2)12-3/h10-12H,4-9H2,1-3H3. The molecule has 0 saturated carbocycles. The Labute approximate surface area is 87.8 Å². The van der Waals surface area contributed by atoms with E-state index < -0.39 is 0 Å². The van der Waals surface area contributed by atoms with Crippen LogP contribution in [0.15, 0.2) is 0 Å². The maximum Gasteiger partial charge on any atom is 0.0991 e. The van der Waals surface area contributed by atoms with Crippen LogP contribution in [0.25, 0.3) is 0 Å². The van der Waals surface area contributed by atoms with Gasteiger partial charge in [-0.15, -0.1) is 0 Å². The molecule has 1 saturated heterocycles. The molecule has 1 aliphatic heterocycles. The Morgan fingerprint density at radius 3 is 2.64 bits per heavy atom. The van der Waals surface area contributed by atoms with E-state index in [9.17, 15) is 0 Å². The molecule has 14 heavy (non-hydrogen) atoms. The Balaban J connectivity index is 2.02. The molecule has 1 unspecified atom stereocenters. The van der Waals surface area contributed by atoms with Gasteiger partial charge in [0, 0.05) is 19.1 Å². The quantitative estimate of drug-likeness (QED) is 0.724. The average Bonchev–Trinajstić information content (AvgIpc) is 2.21. The van der Waals surface area contributed by atoms with Crippen LogP contribution in [0.2, 0.25) is 0 Å². The molecule has 0 spiro atoms. The van der Waals surface area contributed by atoms with Crippen LogP contribution in [-0.2, 0) is 4.74 Å². The summed E-state index contributed by atoms with van der Waals surface area (Å²) >= 11 is 0. The molecule has 0 amide bonds. The van der Waals surface area contributed by atoms with Gasteiger partial charge in [0.15, 0.2) is 0 Å². The van der Waals surface area contributed by atoms with Crippen molar-refractivity contribution in [2.75, 3.05) is 33.5 Å². The molecule has 1 aliphatic rings. The van der Waals surface area contributed by atoms with Crippen molar-refractivity contribution in [3.05, 3.63) is 0 Å². The summed E-state index contributed by atoms with van der Waals surface area (Å²) in [5.74, 6) is 0.905. The number of hydrogen-bond donors (Lipinski definition) is 1. The van der Waals surface area contributed by atoms with Crippen molar-refractivity contribution in [1.29, 1.82) is 0 Å². The molecule has 1 fully saturated rings. The summed E-state index contributed by atoms with van der Waals surface area (Å²) in [5.41, 5.74) is 0. The number of piperidine rings is 1. The van der Waals surface area contributed by atoms with Gasteiger partial charge in [0.2, 0.25) is 0 Å². The topological polar surface area (TPSA) is 24.5 Å². The fourth-order valence-corrected chi connectivity index (χ4v) is 1.63. The molecule has 3 nitrogen and oxygen atoms in total. The van der Waals surface area contributed by atoms with E-state index >= 15 is 0 Å². The highest BCUT2D eigenvalue weighted by Crippen LogP contribution is 2.15. The second-order valence-electron chi connectivity index (χ2n) is 4.49. The number of nitrogens with zero attached hydrogens (tertiary/aromatic N) is 1. The van der Waals surface area contributed by atoms with E-state index in [0.29, 0.717) is 6.04 Å². The maximum atomic E-state index is 5.62. The van der Waals surface area contributed by atoms with E-state index in [2.05, 4.69) is 24.1 Å². The predicted molar refractivity (Wildman–Crippen MR) is 59.3 cm³/mol. The summed E-state index contributed by atoms with van der Waals surface area (Å²) in [7, 11) is 1.97. The molecule has 0 aliphatic carbocycles. The summed E-state index contributed by atoms with van der Waals surface area (Å²) in [6.45, 7) is 8.49. The predicted octanol–water partition coefficient (Wildman–Crippen LogP) is 1.30. The van der Waals surface area contributed by atoms with Gasteiger partial charge in [-0.2, -0.15) is 0 Å². The second kappa shape index (κ2) is 6.38. The van der Waals surface area contributed by atoms with Crippen LogP contribution in [0.5, 0.6) is 0 Å². The fourth-order valence-electron chi connectivity index (χ4n) is 1.63. The third kappa shape index (κ3) is 4.40. The summed E-state index contributed by atoms with van der Waals surface area (Å²) < 4.78 is 5.62. The lowest BCUT2D eigenvalue weighted by atomic mass is 10.00. The number of likely N-dealkylation sites (N-methyl/N-ethyl adjacent to an activating group) is 1. The van der Waals surface area contributed by atoms with Crippen LogP contribution in [0.3, 0.4) is 0 Å². The molecule has 1 rings (SSSR count). The first-order valence-corrected chi connectivity index (χ1v) is 5.69. The smallest absolute Gasteiger partial charge is 0.0991 e. The molecule has 0 aromatic carbocycles. The van der Waals surface area contributed by atoms with Crippen molar-refractivity contribution < 1.29 is 4.74 Å². The largest absolute Gasteiger partial charge is 0.364 e. The molecule has 1 atom stereocenters. The number of nitrogens with one attached hydrogen (secondary N) is 1. The van der Waals surface area contributed by atoms with Crippen LogP contribution in [-0.4, -0.2) is 44.4 Å². The highest BCUT2D eigenvalue weighted by Gasteiger charge is 2.15. The van der Waals surface area contributed by atoms with Crippen LogP contribution >= 0.6 is 0 Å². The normalized spacial score (nSPS) is 22.5. The minimum Gasteiger partial charge on any atom is -0.364 e. The first-order valence-electron chi connectivity index (χ1n) is 5.69. The SMILES string of the molecule is CNC(C)COCN1CCC(C)CC1. The Bertz CT molecular complexity index is 144. The summed E-state index contributed by atoms with van der Waals surface area (Å²) in [6, 6.07) is 0.457. The van der Waals surface area contributed by atoms with E-state index in [1.807, 2.05) is 7.05 Å². The zero-order chi connectivity index (χ0) is 10.4. The Morgan fingerprint density at radius 1 is 1.43 bits per heavy atom. The third-order valence-electron chi connectivity index (χ3n) is 3.01. The van der Waals surface area contributed by atoms with E-state index in [4.69, 9.17) is 4.74 Å². The van der Waals surface area contributed by atoms with Gasteiger partial charge in [-0.1, -0.05) is 6.92 Å². The lowest BCUT2D eigenvalue weighted by Crippen LogP contribution is -2.36. The number of rotatable bonds is 5. The summed E-state index contributed by atoms with van der Waals surface area (Å²) in [5, 5.41) is 3.17. The van der Waals surface area contributed by atoms with Crippen molar-refractivity contribution in [3.63, 3.8) is 0 Å². The minimum absolute atomic E-state index is 0.457. The first-order chi connectivity index (χ1) is 6.72. The Morgan fingerprint density at radius 2 is 2.07 bits per heavy atom. The highest BCUT2D eigenvalue weighted by molar-refractivity contribution is 4.67. The zero-order valence-electron chi connectivity index (χ0n) is 9.75.